The Bertz CT molecular complexity index is 103. The molecule has 0 saturated heterocycles. The van der Waals surface area contributed by atoms with Crippen LogP contribution in [0.2, 0.25) is 0 Å². The lowest BCUT2D eigenvalue weighted by Crippen LogP contribution is -2.11. The molecule has 0 aliphatic carbocycles. The third kappa shape index (κ3) is 5.35. The van der Waals surface area contributed by atoms with Crippen molar-refractivity contribution < 1.29 is 0 Å². The van der Waals surface area contributed by atoms with Gasteiger partial charge in [-0.1, -0.05) is 34.1 Å². The molecule has 14 heavy (non-hydrogen) atoms. The summed E-state index contributed by atoms with van der Waals surface area (Å²) in [5.74, 6) is 0. The van der Waals surface area contributed by atoms with Crippen molar-refractivity contribution in [3.05, 3.63) is 0 Å². The maximum Gasteiger partial charge on any atom is 0.0594 e. The van der Waals surface area contributed by atoms with Crippen molar-refractivity contribution in [3.63, 3.8) is 0 Å². The van der Waals surface area contributed by atoms with E-state index in [2.05, 4.69) is 27.7 Å². The van der Waals surface area contributed by atoms with Crippen molar-refractivity contribution in [1.29, 1.82) is 0 Å². The van der Waals surface area contributed by atoms with Crippen molar-refractivity contribution in [2.24, 2.45) is 0 Å². The quantitative estimate of drug-likeness (QED) is 0.475. The molecule has 0 aliphatic heterocycles. The fourth-order valence-electron chi connectivity index (χ4n) is 2.59. The first-order valence-electron chi connectivity index (χ1n) is 6.59. The zero-order valence-electron chi connectivity index (χ0n) is 10.8. The molecule has 0 aromatic rings. The molecular formula is C13H30P+. The molecule has 0 radical (unpaired) electrons. The average molecular weight is 217 g/mol. The monoisotopic (exact) mass is 217 g/mol. The molecule has 0 nitrogen and oxygen atoms in total. The Morgan fingerprint density at radius 2 is 1.00 bits per heavy atom. The summed E-state index contributed by atoms with van der Waals surface area (Å²) in [5.41, 5.74) is 0. The summed E-state index contributed by atoms with van der Waals surface area (Å²) in [6.45, 7) is 9.43. The standard InChI is InChI=1S/C13H30P/c1-5-9-13-14(10-6-2,11-7-3)12-8-4/h5-13H2,1-4H3/q+1. The molecule has 0 saturated carbocycles. The summed E-state index contributed by atoms with van der Waals surface area (Å²) in [7, 11) is -0.513. The zero-order chi connectivity index (χ0) is 10.9. The first kappa shape index (κ1) is 14.4. The first-order valence-corrected chi connectivity index (χ1v) is 9.12. The van der Waals surface area contributed by atoms with Crippen molar-refractivity contribution in [1.82, 2.24) is 0 Å². The third-order valence-corrected chi connectivity index (χ3v) is 8.53. The van der Waals surface area contributed by atoms with Crippen LogP contribution < -0.4 is 0 Å². The van der Waals surface area contributed by atoms with Crippen LogP contribution in [-0.2, 0) is 0 Å². The van der Waals surface area contributed by atoms with Gasteiger partial charge >= 0.3 is 0 Å². The smallest absolute Gasteiger partial charge is 0.0594 e. The summed E-state index contributed by atoms with van der Waals surface area (Å²) < 4.78 is 0. The van der Waals surface area contributed by atoms with Crippen LogP contribution in [0.4, 0.5) is 0 Å². The van der Waals surface area contributed by atoms with Crippen LogP contribution in [0.1, 0.15) is 59.8 Å². The van der Waals surface area contributed by atoms with Crippen LogP contribution in [0.3, 0.4) is 0 Å². The van der Waals surface area contributed by atoms with E-state index in [1.807, 2.05) is 0 Å². The van der Waals surface area contributed by atoms with Gasteiger partial charge in [-0.05, 0) is 25.7 Å². The Labute approximate surface area is 92.2 Å². The van der Waals surface area contributed by atoms with Gasteiger partial charge in [0.1, 0.15) is 0 Å². The molecule has 0 aliphatic rings. The highest BCUT2D eigenvalue weighted by atomic mass is 31.2. The van der Waals surface area contributed by atoms with E-state index in [1.165, 1.54) is 32.1 Å². The van der Waals surface area contributed by atoms with Gasteiger partial charge in [-0.3, -0.25) is 0 Å². The molecule has 86 valence electrons. The summed E-state index contributed by atoms with van der Waals surface area (Å²) in [5, 5.41) is 0. The lowest BCUT2D eigenvalue weighted by molar-refractivity contribution is 0.869. The Kier molecular flexibility index (Phi) is 8.98. The average Bonchev–Trinajstić information content (AvgIpc) is 2.16. The SMILES string of the molecule is CCCC[P+](CCC)(CCC)CCC. The van der Waals surface area contributed by atoms with Crippen LogP contribution in [0.15, 0.2) is 0 Å². The van der Waals surface area contributed by atoms with Crippen molar-refractivity contribution in [2.45, 2.75) is 59.8 Å². The van der Waals surface area contributed by atoms with Gasteiger partial charge in [0.25, 0.3) is 0 Å². The summed E-state index contributed by atoms with van der Waals surface area (Å²) >= 11 is 0. The number of unbranched alkanes of at least 4 members (excludes halogenated alkanes) is 1. The van der Waals surface area contributed by atoms with Gasteiger partial charge in [-0.15, -0.1) is 0 Å². The molecule has 0 spiro atoms. The summed E-state index contributed by atoms with van der Waals surface area (Å²) in [4.78, 5) is 0. The van der Waals surface area contributed by atoms with Gasteiger partial charge in [0, 0.05) is 7.26 Å². The number of hydrogen-bond acceptors (Lipinski definition) is 0. The van der Waals surface area contributed by atoms with Crippen LogP contribution >= 0.6 is 7.26 Å². The summed E-state index contributed by atoms with van der Waals surface area (Å²) in [6, 6.07) is 0. The maximum absolute atomic E-state index is 2.37. The highest BCUT2D eigenvalue weighted by Gasteiger charge is 2.33. The fourth-order valence-corrected chi connectivity index (χ4v) is 7.76. The highest BCUT2D eigenvalue weighted by Crippen LogP contribution is 2.60. The van der Waals surface area contributed by atoms with E-state index >= 15 is 0 Å². The van der Waals surface area contributed by atoms with E-state index in [0.29, 0.717) is 0 Å². The molecule has 0 amide bonds. The van der Waals surface area contributed by atoms with Crippen LogP contribution in [0.5, 0.6) is 0 Å². The first-order chi connectivity index (χ1) is 6.74. The van der Waals surface area contributed by atoms with E-state index in [1.54, 1.807) is 24.6 Å². The second-order valence-corrected chi connectivity index (χ2v) is 9.06. The number of hydrogen-bond donors (Lipinski definition) is 0. The Morgan fingerprint density at radius 3 is 1.29 bits per heavy atom. The van der Waals surface area contributed by atoms with E-state index in [4.69, 9.17) is 0 Å². The minimum Gasteiger partial charge on any atom is -0.0652 e. The molecule has 0 fully saturated rings. The van der Waals surface area contributed by atoms with E-state index in [0.717, 1.165) is 0 Å². The van der Waals surface area contributed by atoms with Crippen molar-refractivity contribution in [3.8, 4) is 0 Å². The molecule has 0 bridgehead atoms. The topological polar surface area (TPSA) is 0 Å². The molecule has 0 atom stereocenters. The zero-order valence-corrected chi connectivity index (χ0v) is 11.7. The highest BCUT2D eigenvalue weighted by molar-refractivity contribution is 7.75. The minimum atomic E-state index is -0.513. The van der Waals surface area contributed by atoms with Gasteiger partial charge in [-0.25, -0.2) is 0 Å². The molecule has 0 N–H and O–H groups in total. The second-order valence-electron chi connectivity index (χ2n) is 4.59. The lowest BCUT2D eigenvalue weighted by Gasteiger charge is -2.26. The molecule has 0 heterocycles. The van der Waals surface area contributed by atoms with Crippen molar-refractivity contribution in [2.75, 3.05) is 24.6 Å². The van der Waals surface area contributed by atoms with Crippen LogP contribution in [0, 0.1) is 0 Å². The summed E-state index contributed by atoms with van der Waals surface area (Å²) in [6.07, 6.45) is 13.4. The fraction of sp³-hybridized carbons (Fsp3) is 1.00. The Hall–Kier alpha value is 0.430. The Morgan fingerprint density at radius 1 is 0.571 bits per heavy atom. The second kappa shape index (κ2) is 8.72. The minimum absolute atomic E-state index is 0.513. The van der Waals surface area contributed by atoms with E-state index in [-0.39, 0.29) is 0 Å². The van der Waals surface area contributed by atoms with Crippen LogP contribution in [-0.4, -0.2) is 24.6 Å². The van der Waals surface area contributed by atoms with Gasteiger partial charge in [0.05, 0.1) is 24.6 Å². The van der Waals surface area contributed by atoms with Crippen LogP contribution in [0.25, 0.3) is 0 Å². The van der Waals surface area contributed by atoms with Gasteiger partial charge < -0.3 is 0 Å². The molecule has 0 rings (SSSR count). The van der Waals surface area contributed by atoms with E-state index < -0.39 is 7.26 Å². The Balaban J connectivity index is 4.21. The predicted molar refractivity (Wildman–Crippen MR) is 72.2 cm³/mol. The van der Waals surface area contributed by atoms with Crippen molar-refractivity contribution >= 4 is 7.26 Å². The van der Waals surface area contributed by atoms with Gasteiger partial charge in [-0.2, -0.15) is 0 Å². The third-order valence-electron chi connectivity index (χ3n) is 3.08. The molecule has 1 heteroatoms. The molecule has 0 aromatic carbocycles. The normalized spacial score (nSPS) is 12.0. The predicted octanol–water partition coefficient (Wildman–Crippen LogP) is 5.03. The lowest BCUT2D eigenvalue weighted by atomic mass is 10.4. The molecular weight excluding hydrogens is 187 g/mol. The van der Waals surface area contributed by atoms with E-state index in [9.17, 15) is 0 Å². The largest absolute Gasteiger partial charge is 0.0652 e. The maximum atomic E-state index is 2.37. The molecule has 0 unspecified atom stereocenters. The molecule has 0 aromatic heterocycles. The number of rotatable bonds is 9. The van der Waals surface area contributed by atoms with Gasteiger partial charge in [0.2, 0.25) is 0 Å². The van der Waals surface area contributed by atoms with Gasteiger partial charge in [0.15, 0.2) is 0 Å².